The lowest BCUT2D eigenvalue weighted by Gasteiger charge is -2.28. The third-order valence-electron chi connectivity index (χ3n) is 6.12. The van der Waals surface area contributed by atoms with Crippen molar-refractivity contribution in [2.75, 3.05) is 19.6 Å². The fourth-order valence-electron chi connectivity index (χ4n) is 4.28. The van der Waals surface area contributed by atoms with Crippen molar-refractivity contribution in [3.63, 3.8) is 0 Å². The van der Waals surface area contributed by atoms with Gasteiger partial charge in [-0.1, -0.05) is 12.1 Å². The van der Waals surface area contributed by atoms with Gasteiger partial charge in [0.05, 0.1) is 11.3 Å². The smallest absolute Gasteiger partial charge is 0.254 e. The molecular weight excluding hydrogens is 358 g/mol. The molecule has 1 fully saturated rings. The molecule has 0 radical (unpaired) electrons. The lowest BCUT2D eigenvalue weighted by Crippen LogP contribution is -2.34. The van der Waals surface area contributed by atoms with Crippen LogP contribution in [-0.4, -0.2) is 40.5 Å². The zero-order chi connectivity index (χ0) is 19.0. The summed E-state index contributed by atoms with van der Waals surface area (Å²) in [4.78, 5) is 19.0. The minimum atomic E-state index is 0.251. The van der Waals surface area contributed by atoms with Crippen molar-refractivity contribution in [1.29, 1.82) is 0 Å². The van der Waals surface area contributed by atoms with Crippen LogP contribution in [0.1, 0.15) is 64.0 Å². The standard InChI is InChI=1S/C21H29N3O2S/c1-14-5-4-8-24(10-6-14)21(25)19-13-27-20-12-23(9-7-17(19)20)11-18-15(2)22-26-16(18)3/h13-14H,4-12H2,1-3H3/t14-/m0/s1. The minimum absolute atomic E-state index is 0.251. The Morgan fingerprint density at radius 2 is 2.15 bits per heavy atom. The number of carbonyl (C=O) groups excluding carboxylic acids is 1. The van der Waals surface area contributed by atoms with Crippen LogP contribution in [0.2, 0.25) is 0 Å². The second kappa shape index (κ2) is 7.76. The summed E-state index contributed by atoms with van der Waals surface area (Å²) >= 11 is 1.75. The van der Waals surface area contributed by atoms with Gasteiger partial charge in [0, 0.05) is 48.5 Å². The van der Waals surface area contributed by atoms with Crippen molar-refractivity contribution in [2.24, 2.45) is 5.92 Å². The van der Waals surface area contributed by atoms with E-state index in [1.807, 2.05) is 13.8 Å². The van der Waals surface area contributed by atoms with Gasteiger partial charge in [-0.15, -0.1) is 11.3 Å². The summed E-state index contributed by atoms with van der Waals surface area (Å²) in [5, 5.41) is 6.17. The van der Waals surface area contributed by atoms with Crippen molar-refractivity contribution in [3.05, 3.63) is 38.4 Å². The zero-order valence-electron chi connectivity index (χ0n) is 16.6. The van der Waals surface area contributed by atoms with Crippen molar-refractivity contribution < 1.29 is 9.32 Å². The highest BCUT2D eigenvalue weighted by molar-refractivity contribution is 7.10. The van der Waals surface area contributed by atoms with Crippen LogP contribution in [0.25, 0.3) is 0 Å². The lowest BCUT2D eigenvalue weighted by molar-refractivity contribution is 0.0759. The number of amides is 1. The molecule has 0 unspecified atom stereocenters. The van der Waals surface area contributed by atoms with Gasteiger partial charge in [0.15, 0.2) is 0 Å². The average Bonchev–Trinajstić information content (AvgIpc) is 3.13. The fourth-order valence-corrected chi connectivity index (χ4v) is 5.40. The van der Waals surface area contributed by atoms with Crippen LogP contribution >= 0.6 is 11.3 Å². The van der Waals surface area contributed by atoms with Crippen molar-refractivity contribution in [3.8, 4) is 0 Å². The quantitative estimate of drug-likeness (QED) is 0.793. The Hall–Kier alpha value is -1.66. The van der Waals surface area contributed by atoms with Gasteiger partial charge >= 0.3 is 0 Å². The Balaban J connectivity index is 1.46. The molecule has 4 rings (SSSR count). The minimum Gasteiger partial charge on any atom is -0.361 e. The van der Waals surface area contributed by atoms with Gasteiger partial charge in [0.1, 0.15) is 5.76 Å². The first kappa shape index (κ1) is 18.7. The van der Waals surface area contributed by atoms with Crippen LogP contribution in [0.5, 0.6) is 0 Å². The Kier molecular flexibility index (Phi) is 5.37. The van der Waals surface area contributed by atoms with Crippen LogP contribution in [0.4, 0.5) is 0 Å². The molecule has 2 aromatic heterocycles. The molecule has 0 aliphatic carbocycles. The molecule has 0 N–H and O–H groups in total. The van der Waals surface area contributed by atoms with Crippen molar-refractivity contribution in [2.45, 2.75) is 59.5 Å². The molecule has 4 heterocycles. The molecule has 2 aromatic rings. The molecule has 2 aliphatic rings. The van der Waals surface area contributed by atoms with Crippen LogP contribution in [0, 0.1) is 19.8 Å². The maximum absolute atomic E-state index is 13.1. The maximum atomic E-state index is 13.1. The molecular formula is C21H29N3O2S. The second-order valence-electron chi connectivity index (χ2n) is 8.14. The number of aryl methyl sites for hydroxylation is 2. The van der Waals surface area contributed by atoms with Crippen molar-refractivity contribution in [1.82, 2.24) is 15.0 Å². The summed E-state index contributed by atoms with van der Waals surface area (Å²) in [7, 11) is 0. The van der Waals surface area contributed by atoms with E-state index in [9.17, 15) is 4.79 Å². The van der Waals surface area contributed by atoms with Gasteiger partial charge in [-0.3, -0.25) is 9.69 Å². The van der Waals surface area contributed by atoms with Crippen LogP contribution in [0.15, 0.2) is 9.90 Å². The van der Waals surface area contributed by atoms with Gasteiger partial charge in [0.25, 0.3) is 5.91 Å². The van der Waals surface area contributed by atoms with Crippen LogP contribution in [0.3, 0.4) is 0 Å². The third kappa shape index (κ3) is 3.83. The largest absolute Gasteiger partial charge is 0.361 e. The first-order chi connectivity index (χ1) is 13.0. The van der Waals surface area contributed by atoms with Gasteiger partial charge in [-0.05, 0) is 51.0 Å². The zero-order valence-corrected chi connectivity index (χ0v) is 17.4. The number of hydrogen-bond donors (Lipinski definition) is 0. The highest BCUT2D eigenvalue weighted by Crippen LogP contribution is 2.31. The van der Waals surface area contributed by atoms with E-state index < -0.39 is 0 Å². The Morgan fingerprint density at radius 3 is 2.93 bits per heavy atom. The molecule has 6 heteroatoms. The highest BCUT2D eigenvalue weighted by atomic mass is 32.1. The van der Waals surface area contributed by atoms with E-state index in [-0.39, 0.29) is 5.91 Å². The average molecular weight is 388 g/mol. The molecule has 5 nitrogen and oxygen atoms in total. The predicted molar refractivity (Wildman–Crippen MR) is 107 cm³/mol. The van der Waals surface area contributed by atoms with E-state index >= 15 is 0 Å². The van der Waals surface area contributed by atoms with Gasteiger partial charge in [-0.2, -0.15) is 0 Å². The van der Waals surface area contributed by atoms with E-state index in [1.165, 1.54) is 22.4 Å². The normalized spacial score (nSPS) is 21.1. The predicted octanol–water partition coefficient (Wildman–Crippen LogP) is 4.17. The number of thiophene rings is 1. The molecule has 146 valence electrons. The molecule has 0 bridgehead atoms. The van der Waals surface area contributed by atoms with E-state index in [0.717, 1.165) is 74.9 Å². The number of hydrogen-bond acceptors (Lipinski definition) is 5. The third-order valence-corrected chi connectivity index (χ3v) is 7.14. The van der Waals surface area contributed by atoms with E-state index in [1.54, 1.807) is 11.3 Å². The first-order valence-corrected chi connectivity index (χ1v) is 10.9. The van der Waals surface area contributed by atoms with Gasteiger partial charge < -0.3 is 9.42 Å². The Morgan fingerprint density at radius 1 is 1.30 bits per heavy atom. The first-order valence-electron chi connectivity index (χ1n) is 10.1. The molecule has 27 heavy (non-hydrogen) atoms. The highest BCUT2D eigenvalue weighted by Gasteiger charge is 2.28. The molecule has 0 saturated carbocycles. The summed E-state index contributed by atoms with van der Waals surface area (Å²) in [6.07, 6.45) is 4.45. The lowest BCUT2D eigenvalue weighted by atomic mass is 10.0. The monoisotopic (exact) mass is 387 g/mol. The summed E-state index contributed by atoms with van der Waals surface area (Å²) in [6.45, 7) is 10.9. The van der Waals surface area contributed by atoms with Crippen molar-refractivity contribution >= 4 is 17.2 Å². The Labute approximate surface area is 165 Å². The van der Waals surface area contributed by atoms with E-state index in [4.69, 9.17) is 4.52 Å². The summed E-state index contributed by atoms with van der Waals surface area (Å²) < 4.78 is 5.30. The SMILES string of the molecule is Cc1noc(C)c1CN1CCc2c(C(=O)N3CCC[C@H](C)CC3)csc2C1. The van der Waals surface area contributed by atoms with Crippen LogP contribution in [-0.2, 0) is 19.5 Å². The molecule has 0 aromatic carbocycles. The number of rotatable bonds is 3. The maximum Gasteiger partial charge on any atom is 0.254 e. The van der Waals surface area contributed by atoms with Gasteiger partial charge in [0.2, 0.25) is 0 Å². The number of aromatic nitrogens is 1. The number of fused-ring (bicyclic) bond motifs is 1. The summed E-state index contributed by atoms with van der Waals surface area (Å²) in [5.41, 5.74) is 4.43. The van der Waals surface area contributed by atoms with E-state index in [2.05, 4.69) is 27.3 Å². The number of carbonyl (C=O) groups is 1. The topological polar surface area (TPSA) is 49.6 Å². The molecule has 2 aliphatic heterocycles. The molecule has 1 saturated heterocycles. The molecule has 1 atom stereocenters. The number of likely N-dealkylation sites (tertiary alicyclic amines) is 1. The molecule has 0 spiro atoms. The Bertz CT molecular complexity index is 806. The number of nitrogens with zero attached hydrogens (tertiary/aromatic N) is 3. The fraction of sp³-hybridized carbons (Fsp3) is 0.619. The summed E-state index contributed by atoms with van der Waals surface area (Å²) in [6, 6.07) is 0. The second-order valence-corrected chi connectivity index (χ2v) is 9.11. The van der Waals surface area contributed by atoms with Gasteiger partial charge in [-0.25, -0.2) is 0 Å². The molecule has 1 amide bonds. The van der Waals surface area contributed by atoms with E-state index in [0.29, 0.717) is 0 Å². The summed E-state index contributed by atoms with van der Waals surface area (Å²) in [5.74, 6) is 1.90. The van der Waals surface area contributed by atoms with Crippen LogP contribution < -0.4 is 0 Å².